The molecule has 0 radical (unpaired) electrons. The van der Waals surface area contributed by atoms with E-state index in [1.165, 1.54) is 0 Å². The van der Waals surface area contributed by atoms with Gasteiger partial charge < -0.3 is 0 Å². The number of halogens is 2. The van der Waals surface area contributed by atoms with E-state index in [1.54, 1.807) is 0 Å². The lowest BCUT2D eigenvalue weighted by Crippen LogP contribution is -2.48. The Bertz CT molecular complexity index is 141. The van der Waals surface area contributed by atoms with Crippen LogP contribution in [0.4, 0.5) is 0 Å². The molecule has 0 aliphatic rings. The van der Waals surface area contributed by atoms with E-state index < -0.39 is 7.38 Å². The molecule has 74 valence electrons. The minimum absolute atomic E-state index is 0.246. The minimum Gasteiger partial charge on any atom is -0.165 e. The molecule has 0 atom stereocenters. The predicted octanol–water partition coefficient (Wildman–Crippen LogP) is 4.71. The third kappa shape index (κ3) is 2.27. The first-order valence-electron chi connectivity index (χ1n) is 4.31. The molecule has 0 amide bonds. The summed E-state index contributed by atoms with van der Waals surface area (Å²) in [4.78, 5) is 0.967. The van der Waals surface area contributed by atoms with E-state index in [9.17, 15) is 0 Å². The standard InChI is InChI=1S/C9H20BrClSi/c1-8(2,3)12(11,7-10)9(4,5)6/h7H2,1-6H3. The summed E-state index contributed by atoms with van der Waals surface area (Å²) in [5, 5.41) is 0.493. The molecule has 0 aliphatic carbocycles. The average Bonchev–Trinajstić information content (AvgIpc) is 1.81. The molecule has 0 nitrogen and oxygen atoms in total. The molecule has 0 aliphatic heterocycles. The Balaban J connectivity index is 4.95. The summed E-state index contributed by atoms with van der Waals surface area (Å²) in [6.45, 7) is 13.5. The van der Waals surface area contributed by atoms with E-state index in [4.69, 9.17) is 11.1 Å². The first-order valence-corrected chi connectivity index (χ1v) is 8.65. The number of hydrogen-bond acceptors (Lipinski definition) is 0. The van der Waals surface area contributed by atoms with Gasteiger partial charge in [0.25, 0.3) is 0 Å². The van der Waals surface area contributed by atoms with E-state index in [0.717, 1.165) is 4.95 Å². The topological polar surface area (TPSA) is 0 Å². The van der Waals surface area contributed by atoms with E-state index in [2.05, 4.69) is 57.5 Å². The fourth-order valence-electron chi connectivity index (χ4n) is 1.53. The van der Waals surface area contributed by atoms with Crippen LogP contribution in [0, 0.1) is 0 Å². The van der Waals surface area contributed by atoms with Crippen molar-refractivity contribution in [1.29, 1.82) is 0 Å². The van der Waals surface area contributed by atoms with Gasteiger partial charge in [0.15, 0.2) is 7.38 Å². The maximum Gasteiger partial charge on any atom is 0.177 e. The summed E-state index contributed by atoms with van der Waals surface area (Å²) >= 11 is 10.3. The zero-order valence-corrected chi connectivity index (χ0v) is 12.3. The highest BCUT2D eigenvalue weighted by atomic mass is 79.9. The highest BCUT2D eigenvalue weighted by molar-refractivity contribution is 9.09. The summed E-state index contributed by atoms with van der Waals surface area (Å²) in [5.74, 6) is 0. The summed E-state index contributed by atoms with van der Waals surface area (Å²) in [5.41, 5.74) is 0. The SMILES string of the molecule is CC(C)(C)[Si](Cl)(CBr)C(C)(C)C. The van der Waals surface area contributed by atoms with Gasteiger partial charge in [-0.2, -0.15) is 11.1 Å². The molecule has 0 N–H and O–H groups in total. The lowest BCUT2D eigenvalue weighted by Gasteiger charge is -2.45. The molecule has 0 heterocycles. The number of hydrogen-bond donors (Lipinski definition) is 0. The van der Waals surface area contributed by atoms with Crippen LogP contribution in [0.2, 0.25) is 10.1 Å². The van der Waals surface area contributed by atoms with Crippen LogP contribution in [0.15, 0.2) is 0 Å². The molecule has 0 aromatic rings. The molecule has 0 saturated heterocycles. The Morgan fingerprint density at radius 2 is 1.25 bits per heavy atom. The number of rotatable bonds is 1. The Morgan fingerprint density at radius 3 is 1.25 bits per heavy atom. The second-order valence-electron chi connectivity index (χ2n) is 5.43. The van der Waals surface area contributed by atoms with Gasteiger partial charge in [-0.3, -0.25) is 0 Å². The summed E-state index contributed by atoms with van der Waals surface area (Å²) in [6.07, 6.45) is 0. The second-order valence-corrected chi connectivity index (χ2v) is 13.9. The van der Waals surface area contributed by atoms with Crippen molar-refractivity contribution in [2.45, 2.75) is 51.6 Å². The molecule has 0 aromatic heterocycles. The largest absolute Gasteiger partial charge is 0.177 e. The first-order chi connectivity index (χ1) is 5.06. The van der Waals surface area contributed by atoms with Gasteiger partial charge in [-0.25, -0.2) is 0 Å². The average molecular weight is 272 g/mol. The Kier molecular flexibility index (Phi) is 3.92. The highest BCUT2D eigenvalue weighted by Crippen LogP contribution is 2.53. The van der Waals surface area contributed by atoms with Crippen molar-refractivity contribution < 1.29 is 0 Å². The smallest absolute Gasteiger partial charge is 0.165 e. The molecular formula is C9H20BrClSi. The molecule has 0 aromatic carbocycles. The van der Waals surface area contributed by atoms with Crippen LogP contribution in [0.1, 0.15) is 41.5 Å². The Labute approximate surface area is 90.9 Å². The van der Waals surface area contributed by atoms with Crippen LogP contribution in [-0.4, -0.2) is 12.3 Å². The zero-order valence-electron chi connectivity index (χ0n) is 8.96. The quantitative estimate of drug-likeness (QED) is 0.368. The van der Waals surface area contributed by atoms with Crippen molar-refractivity contribution in [1.82, 2.24) is 0 Å². The molecule has 0 saturated carbocycles. The predicted molar refractivity (Wildman–Crippen MR) is 64.8 cm³/mol. The molecular weight excluding hydrogens is 252 g/mol. The second kappa shape index (κ2) is 3.62. The fourth-order valence-corrected chi connectivity index (χ4v) is 9.62. The number of alkyl halides is 1. The van der Waals surface area contributed by atoms with Crippen LogP contribution >= 0.6 is 27.0 Å². The summed E-state index contributed by atoms with van der Waals surface area (Å²) in [7, 11) is -1.74. The van der Waals surface area contributed by atoms with Gasteiger partial charge in [-0.05, 0) is 10.1 Å². The van der Waals surface area contributed by atoms with Gasteiger partial charge in [-0.1, -0.05) is 57.5 Å². The minimum atomic E-state index is -1.74. The Hall–Kier alpha value is 0.987. The van der Waals surface area contributed by atoms with Crippen LogP contribution < -0.4 is 0 Å². The third-order valence-electron chi connectivity index (χ3n) is 2.56. The first kappa shape index (κ1) is 13.0. The third-order valence-corrected chi connectivity index (χ3v) is 15.0. The fraction of sp³-hybridized carbons (Fsp3) is 1.00. The van der Waals surface area contributed by atoms with Gasteiger partial charge in [-0.15, -0.1) is 0 Å². The van der Waals surface area contributed by atoms with E-state index in [0.29, 0.717) is 0 Å². The lowest BCUT2D eigenvalue weighted by molar-refractivity contribution is 0.637. The van der Waals surface area contributed by atoms with Crippen molar-refractivity contribution in [2.75, 3.05) is 4.95 Å². The maximum absolute atomic E-state index is 6.77. The molecule has 3 heteroatoms. The lowest BCUT2D eigenvalue weighted by atomic mass is 10.2. The summed E-state index contributed by atoms with van der Waals surface area (Å²) < 4.78 is 0. The molecule has 0 spiro atoms. The van der Waals surface area contributed by atoms with E-state index in [1.807, 2.05) is 0 Å². The van der Waals surface area contributed by atoms with E-state index in [-0.39, 0.29) is 10.1 Å². The summed E-state index contributed by atoms with van der Waals surface area (Å²) in [6, 6.07) is 0. The van der Waals surface area contributed by atoms with Gasteiger partial charge in [0.2, 0.25) is 0 Å². The van der Waals surface area contributed by atoms with Gasteiger partial charge in [0.1, 0.15) is 0 Å². The van der Waals surface area contributed by atoms with Crippen LogP contribution in [0.25, 0.3) is 0 Å². The van der Waals surface area contributed by atoms with Crippen LogP contribution in [0.3, 0.4) is 0 Å². The molecule has 0 unspecified atom stereocenters. The normalized spacial score (nSPS) is 15.0. The van der Waals surface area contributed by atoms with Crippen molar-refractivity contribution in [2.24, 2.45) is 0 Å². The molecule has 0 bridgehead atoms. The van der Waals surface area contributed by atoms with Crippen LogP contribution in [-0.2, 0) is 0 Å². The van der Waals surface area contributed by atoms with Crippen molar-refractivity contribution in [3.8, 4) is 0 Å². The van der Waals surface area contributed by atoms with Crippen LogP contribution in [0.5, 0.6) is 0 Å². The van der Waals surface area contributed by atoms with Crippen molar-refractivity contribution in [3.05, 3.63) is 0 Å². The molecule has 0 fully saturated rings. The molecule has 12 heavy (non-hydrogen) atoms. The van der Waals surface area contributed by atoms with E-state index >= 15 is 0 Å². The van der Waals surface area contributed by atoms with Gasteiger partial charge >= 0.3 is 0 Å². The Morgan fingerprint density at radius 1 is 1.00 bits per heavy atom. The van der Waals surface area contributed by atoms with Gasteiger partial charge in [0.05, 0.1) is 0 Å². The monoisotopic (exact) mass is 270 g/mol. The van der Waals surface area contributed by atoms with Gasteiger partial charge in [0, 0.05) is 4.95 Å². The van der Waals surface area contributed by atoms with Crippen molar-refractivity contribution in [3.63, 3.8) is 0 Å². The highest BCUT2D eigenvalue weighted by Gasteiger charge is 2.51. The van der Waals surface area contributed by atoms with Crippen molar-refractivity contribution >= 4 is 34.4 Å². The zero-order chi connectivity index (χ0) is 10.2. The molecule has 0 rings (SSSR count). The maximum atomic E-state index is 6.77.